The number of hydrogen-bond acceptors (Lipinski definition) is 5. The molecule has 0 bridgehead atoms. The topological polar surface area (TPSA) is 63.1 Å². The first kappa shape index (κ1) is 20.7. The molecule has 33 heavy (non-hydrogen) atoms. The van der Waals surface area contributed by atoms with Crippen LogP contribution in [-0.4, -0.2) is 27.6 Å². The van der Waals surface area contributed by atoms with Crippen LogP contribution in [0.5, 0.6) is 0 Å². The molecular formula is C27H33N5O. The highest BCUT2D eigenvalue weighted by atomic mass is 16.1. The van der Waals surface area contributed by atoms with Gasteiger partial charge in [0.1, 0.15) is 5.65 Å². The third kappa shape index (κ3) is 4.11. The third-order valence-electron chi connectivity index (χ3n) is 8.14. The van der Waals surface area contributed by atoms with Gasteiger partial charge in [-0.3, -0.25) is 9.36 Å². The molecule has 3 unspecified atom stereocenters. The Morgan fingerprint density at radius 1 is 0.848 bits per heavy atom. The van der Waals surface area contributed by atoms with Crippen molar-refractivity contribution in [2.75, 3.05) is 23.3 Å². The highest BCUT2D eigenvalue weighted by Crippen LogP contribution is 2.45. The van der Waals surface area contributed by atoms with E-state index in [2.05, 4.69) is 39.5 Å². The fraction of sp³-hybridized carbons (Fsp3) is 0.519. The molecule has 3 fully saturated rings. The first-order valence-corrected chi connectivity index (χ1v) is 12.7. The summed E-state index contributed by atoms with van der Waals surface area (Å²) in [5.41, 5.74) is 3.05. The van der Waals surface area contributed by atoms with Crippen molar-refractivity contribution < 1.29 is 0 Å². The molecule has 1 saturated heterocycles. The zero-order valence-electron chi connectivity index (χ0n) is 19.2. The van der Waals surface area contributed by atoms with Gasteiger partial charge >= 0.3 is 0 Å². The molecule has 3 aromatic rings. The van der Waals surface area contributed by atoms with Crippen LogP contribution >= 0.6 is 0 Å². The van der Waals surface area contributed by atoms with E-state index in [1.54, 1.807) is 6.07 Å². The molecule has 3 heterocycles. The van der Waals surface area contributed by atoms with Crippen LogP contribution in [0.3, 0.4) is 0 Å². The van der Waals surface area contributed by atoms with Crippen molar-refractivity contribution in [2.45, 2.75) is 63.8 Å². The van der Waals surface area contributed by atoms with Crippen LogP contribution < -0.4 is 15.8 Å². The Hall–Kier alpha value is -2.89. The Bertz CT molecular complexity index is 1180. The minimum atomic E-state index is 0.0551. The van der Waals surface area contributed by atoms with E-state index in [0.717, 1.165) is 54.5 Å². The first-order valence-electron chi connectivity index (χ1n) is 12.7. The van der Waals surface area contributed by atoms with E-state index in [1.807, 2.05) is 16.8 Å². The van der Waals surface area contributed by atoms with E-state index in [1.165, 1.54) is 50.6 Å². The Kier molecular flexibility index (Phi) is 5.52. The van der Waals surface area contributed by atoms with Crippen LogP contribution in [0.25, 0.3) is 11.0 Å². The number of pyridine rings is 1. The van der Waals surface area contributed by atoms with Gasteiger partial charge in [0.2, 0.25) is 5.95 Å². The summed E-state index contributed by atoms with van der Waals surface area (Å²) in [5, 5.41) is 4.28. The van der Waals surface area contributed by atoms with Gasteiger partial charge in [-0.15, -0.1) is 0 Å². The van der Waals surface area contributed by atoms with Gasteiger partial charge in [-0.25, -0.2) is 4.98 Å². The summed E-state index contributed by atoms with van der Waals surface area (Å²) in [5.74, 6) is 2.18. The molecule has 3 atom stereocenters. The van der Waals surface area contributed by atoms with E-state index >= 15 is 0 Å². The van der Waals surface area contributed by atoms with Crippen LogP contribution in [0.2, 0.25) is 0 Å². The van der Waals surface area contributed by atoms with Gasteiger partial charge in [-0.1, -0.05) is 19.3 Å². The molecule has 2 aliphatic carbocycles. The van der Waals surface area contributed by atoms with E-state index in [4.69, 9.17) is 4.98 Å². The average Bonchev–Trinajstić information content (AvgIpc) is 3.33. The molecule has 0 spiro atoms. The van der Waals surface area contributed by atoms with Crippen molar-refractivity contribution in [3.63, 3.8) is 0 Å². The van der Waals surface area contributed by atoms with Crippen molar-refractivity contribution >= 4 is 28.4 Å². The second-order valence-electron chi connectivity index (χ2n) is 10.2. The predicted molar refractivity (Wildman–Crippen MR) is 133 cm³/mol. The maximum absolute atomic E-state index is 13.0. The van der Waals surface area contributed by atoms with Crippen molar-refractivity contribution in [3.8, 4) is 0 Å². The molecule has 2 saturated carbocycles. The van der Waals surface area contributed by atoms with Crippen LogP contribution in [0, 0.1) is 11.8 Å². The number of piperidine rings is 1. The lowest BCUT2D eigenvalue weighted by atomic mass is 9.79. The molecule has 6 heteroatoms. The number of anilines is 3. The van der Waals surface area contributed by atoms with Gasteiger partial charge in [0, 0.05) is 48.2 Å². The van der Waals surface area contributed by atoms with Crippen LogP contribution in [-0.2, 0) is 0 Å². The number of aromatic nitrogens is 3. The molecule has 0 radical (unpaired) electrons. The second-order valence-corrected chi connectivity index (χ2v) is 10.2. The number of nitrogens with zero attached hydrogens (tertiary/aromatic N) is 4. The summed E-state index contributed by atoms with van der Waals surface area (Å²) in [4.78, 5) is 24.8. The third-order valence-corrected chi connectivity index (χ3v) is 8.14. The summed E-state index contributed by atoms with van der Waals surface area (Å²) >= 11 is 0. The summed E-state index contributed by atoms with van der Waals surface area (Å²) in [7, 11) is 0. The summed E-state index contributed by atoms with van der Waals surface area (Å²) in [6.45, 7) is 2.28. The van der Waals surface area contributed by atoms with Crippen LogP contribution in [0.1, 0.15) is 63.8 Å². The molecule has 6 rings (SSSR count). The minimum Gasteiger partial charge on any atom is -0.372 e. The van der Waals surface area contributed by atoms with E-state index in [0.29, 0.717) is 5.95 Å². The minimum absolute atomic E-state index is 0.0551. The zero-order chi connectivity index (χ0) is 22.2. The van der Waals surface area contributed by atoms with Crippen molar-refractivity contribution in [1.82, 2.24) is 14.5 Å². The number of rotatable bonds is 4. The van der Waals surface area contributed by atoms with E-state index in [-0.39, 0.29) is 11.6 Å². The Morgan fingerprint density at radius 3 is 2.52 bits per heavy atom. The quantitative estimate of drug-likeness (QED) is 0.563. The number of fused-ring (bicyclic) bond motifs is 2. The van der Waals surface area contributed by atoms with Crippen LogP contribution in [0.4, 0.5) is 17.3 Å². The lowest BCUT2D eigenvalue weighted by Gasteiger charge is -2.33. The average molecular weight is 444 g/mol. The highest BCUT2D eigenvalue weighted by molar-refractivity contribution is 5.76. The van der Waals surface area contributed by atoms with Crippen molar-refractivity contribution in [1.29, 1.82) is 0 Å². The number of hydrogen-bond donors (Lipinski definition) is 1. The zero-order valence-corrected chi connectivity index (χ0v) is 19.2. The molecule has 2 aromatic heterocycles. The smallest absolute Gasteiger partial charge is 0.252 e. The maximum atomic E-state index is 13.0. The van der Waals surface area contributed by atoms with Crippen molar-refractivity contribution in [3.05, 3.63) is 52.9 Å². The van der Waals surface area contributed by atoms with E-state index < -0.39 is 0 Å². The second kappa shape index (κ2) is 8.81. The molecule has 3 aliphatic rings. The molecule has 6 nitrogen and oxygen atoms in total. The molecule has 172 valence electrons. The standard InChI is InChI=1S/C27H33N5O/c33-25-14-8-21-18-28-27(29-22-9-12-23(13-10-22)31-15-2-1-3-16-31)30-26(21)32(25)24-11-7-19-5-4-6-20(19)17-24/h8-10,12-14,18-20,24H,1-7,11,15-17H2,(H,28,29,30). The number of benzene rings is 1. The van der Waals surface area contributed by atoms with Gasteiger partial charge in [0.25, 0.3) is 5.56 Å². The van der Waals surface area contributed by atoms with Gasteiger partial charge in [0.05, 0.1) is 0 Å². The summed E-state index contributed by atoms with van der Waals surface area (Å²) < 4.78 is 1.95. The molecule has 1 N–H and O–H groups in total. The monoisotopic (exact) mass is 443 g/mol. The normalized spacial score (nSPS) is 25.2. The SMILES string of the molecule is O=c1ccc2cnc(Nc3ccc(N4CCCCC4)cc3)nc2n1C1CCC2CCCC2C1. The van der Waals surface area contributed by atoms with Crippen LogP contribution in [0.15, 0.2) is 47.4 Å². The van der Waals surface area contributed by atoms with Gasteiger partial charge < -0.3 is 10.2 Å². The van der Waals surface area contributed by atoms with Gasteiger partial charge in [0.15, 0.2) is 0 Å². The Morgan fingerprint density at radius 2 is 1.67 bits per heavy atom. The van der Waals surface area contributed by atoms with Crippen molar-refractivity contribution in [2.24, 2.45) is 11.8 Å². The fourth-order valence-corrected chi connectivity index (χ4v) is 6.40. The fourth-order valence-electron chi connectivity index (χ4n) is 6.40. The maximum Gasteiger partial charge on any atom is 0.252 e. The molecular weight excluding hydrogens is 410 g/mol. The Labute approximate surface area is 195 Å². The summed E-state index contributed by atoms with van der Waals surface area (Å²) in [6.07, 6.45) is 13.2. The molecule has 0 amide bonds. The molecule has 1 aromatic carbocycles. The Balaban J connectivity index is 1.26. The van der Waals surface area contributed by atoms with Gasteiger partial charge in [-0.05, 0) is 80.7 Å². The molecule has 1 aliphatic heterocycles. The number of nitrogens with one attached hydrogen (secondary N) is 1. The van der Waals surface area contributed by atoms with Gasteiger partial charge in [-0.2, -0.15) is 4.98 Å². The first-order chi connectivity index (χ1) is 16.2. The lowest BCUT2D eigenvalue weighted by molar-refractivity contribution is 0.210. The lowest BCUT2D eigenvalue weighted by Crippen LogP contribution is -2.31. The summed E-state index contributed by atoms with van der Waals surface area (Å²) in [6, 6.07) is 12.3. The van der Waals surface area contributed by atoms with E-state index in [9.17, 15) is 4.79 Å². The largest absolute Gasteiger partial charge is 0.372 e. The highest BCUT2D eigenvalue weighted by Gasteiger charge is 2.35. The predicted octanol–water partition coefficient (Wildman–Crippen LogP) is 5.67.